The molecule has 1 aliphatic heterocycles. The Kier molecular flexibility index (Phi) is 31.5. The van der Waals surface area contributed by atoms with Crippen molar-refractivity contribution in [2.45, 2.75) is 173 Å². The Morgan fingerprint density at radius 3 is 1.61 bits per heavy atom. The SMILES string of the molecule is CC/C=C/C/C=C/C/C=C/C/C=C/C/C=C/C/C=C/CCC(=O)OC[C@@H](CO[C@H]1O[C@@H](CO)[C@@H](O)C(O)C1O)OC(=O)CCCCCCCCCCCC. The van der Waals surface area contributed by atoms with E-state index in [4.69, 9.17) is 18.9 Å². The summed E-state index contributed by atoms with van der Waals surface area (Å²) < 4.78 is 22.0. The van der Waals surface area contributed by atoms with Gasteiger partial charge in [0.2, 0.25) is 0 Å². The highest BCUT2D eigenvalue weighted by Gasteiger charge is 2.44. The van der Waals surface area contributed by atoms with E-state index in [9.17, 15) is 30.0 Å². The van der Waals surface area contributed by atoms with Gasteiger partial charge in [0.15, 0.2) is 12.4 Å². The van der Waals surface area contributed by atoms with Crippen LogP contribution in [-0.2, 0) is 28.5 Å². The van der Waals surface area contributed by atoms with E-state index >= 15 is 0 Å². The van der Waals surface area contributed by atoms with Gasteiger partial charge in [-0.25, -0.2) is 0 Å². The molecule has 10 heteroatoms. The van der Waals surface area contributed by atoms with Crippen molar-refractivity contribution in [3.8, 4) is 0 Å². The van der Waals surface area contributed by atoms with Crippen LogP contribution in [0.2, 0.25) is 0 Å². The number of aliphatic hydroxyl groups is 4. The molecule has 1 heterocycles. The summed E-state index contributed by atoms with van der Waals surface area (Å²) in [7, 11) is 0. The minimum atomic E-state index is -1.61. The first kappa shape index (κ1) is 49.2. The molecule has 0 aliphatic carbocycles. The molecular weight excluding hydrogens is 688 g/mol. The summed E-state index contributed by atoms with van der Waals surface area (Å²) in [6.07, 6.45) is 35.0. The van der Waals surface area contributed by atoms with Crippen molar-refractivity contribution < 1.29 is 49.0 Å². The zero-order chi connectivity index (χ0) is 39.5. The maximum Gasteiger partial charge on any atom is 0.306 e. The third-order valence-corrected chi connectivity index (χ3v) is 8.87. The monoisotopic (exact) mass is 761 g/mol. The molecule has 1 fully saturated rings. The van der Waals surface area contributed by atoms with Crippen LogP contribution >= 0.6 is 0 Å². The van der Waals surface area contributed by atoms with Gasteiger partial charge in [0, 0.05) is 12.8 Å². The first-order chi connectivity index (χ1) is 26.3. The molecule has 6 atom stereocenters. The molecule has 0 amide bonds. The van der Waals surface area contributed by atoms with Gasteiger partial charge in [-0.15, -0.1) is 0 Å². The van der Waals surface area contributed by atoms with Gasteiger partial charge >= 0.3 is 11.9 Å². The summed E-state index contributed by atoms with van der Waals surface area (Å²) in [5, 5.41) is 39.9. The van der Waals surface area contributed by atoms with Gasteiger partial charge < -0.3 is 39.4 Å². The number of aliphatic hydroxyl groups excluding tert-OH is 4. The minimum Gasteiger partial charge on any atom is -0.462 e. The lowest BCUT2D eigenvalue weighted by molar-refractivity contribution is -0.305. The van der Waals surface area contributed by atoms with Crippen LogP contribution in [0, 0.1) is 0 Å². The van der Waals surface area contributed by atoms with E-state index in [1.807, 2.05) is 12.2 Å². The third-order valence-electron chi connectivity index (χ3n) is 8.87. The molecule has 0 aromatic rings. The molecule has 10 nitrogen and oxygen atoms in total. The highest BCUT2D eigenvalue weighted by molar-refractivity contribution is 5.70. The van der Waals surface area contributed by atoms with Crippen LogP contribution in [0.15, 0.2) is 72.9 Å². The Labute approximate surface area is 325 Å². The topological polar surface area (TPSA) is 152 Å². The van der Waals surface area contributed by atoms with Gasteiger partial charge in [-0.2, -0.15) is 0 Å². The Balaban J connectivity index is 2.41. The summed E-state index contributed by atoms with van der Waals surface area (Å²) in [5.74, 6) is -0.913. The van der Waals surface area contributed by atoms with E-state index in [1.54, 1.807) is 0 Å². The van der Waals surface area contributed by atoms with E-state index < -0.39 is 55.4 Å². The molecule has 54 heavy (non-hydrogen) atoms. The number of carbonyl (C=O) groups excluding carboxylic acids is 2. The maximum absolute atomic E-state index is 12.7. The summed E-state index contributed by atoms with van der Waals surface area (Å²) in [5.41, 5.74) is 0. The first-order valence-electron chi connectivity index (χ1n) is 20.5. The highest BCUT2D eigenvalue weighted by atomic mass is 16.7. The molecule has 308 valence electrons. The summed E-state index contributed by atoms with van der Waals surface area (Å²) in [6, 6.07) is 0. The number of hydrogen-bond donors (Lipinski definition) is 4. The molecule has 0 bridgehead atoms. The van der Waals surface area contributed by atoms with Gasteiger partial charge in [0.1, 0.15) is 31.0 Å². The van der Waals surface area contributed by atoms with Gasteiger partial charge in [0.05, 0.1) is 13.2 Å². The lowest BCUT2D eigenvalue weighted by Gasteiger charge is -2.39. The molecule has 1 rings (SSSR count). The number of allylic oxidation sites excluding steroid dienone is 12. The maximum atomic E-state index is 12.7. The number of ether oxygens (including phenoxy) is 4. The van der Waals surface area contributed by atoms with Gasteiger partial charge in [0.25, 0.3) is 0 Å². The lowest BCUT2D eigenvalue weighted by atomic mass is 9.99. The van der Waals surface area contributed by atoms with E-state index in [1.165, 1.54) is 38.5 Å². The molecule has 2 unspecified atom stereocenters. The summed E-state index contributed by atoms with van der Waals surface area (Å²) in [6.45, 7) is 3.19. The van der Waals surface area contributed by atoms with Crippen LogP contribution in [0.25, 0.3) is 0 Å². The standard InChI is InChI=1S/C44H72O10/c1-3-5-7-9-11-13-15-16-17-18-19-20-21-22-23-25-26-28-30-32-39(46)51-35-37(36-52-44-43(50)42(49)41(48)38(34-45)54-44)53-40(47)33-31-29-27-24-14-12-10-8-6-4-2/h5,7,11,13,16-17,19-20,22-23,26,28,37-38,41-45,48-50H,3-4,6,8-10,12,14-15,18,21,24-25,27,29-36H2,1-2H3/b7-5+,13-11+,17-16+,20-19+,23-22+,28-26+/t37-,38-,41+,42?,43?,44-/m0/s1. The van der Waals surface area contributed by atoms with E-state index in [0.29, 0.717) is 12.8 Å². The second kappa shape index (κ2) is 34.6. The highest BCUT2D eigenvalue weighted by Crippen LogP contribution is 2.22. The second-order valence-electron chi connectivity index (χ2n) is 13.7. The second-order valence-corrected chi connectivity index (χ2v) is 13.7. The Morgan fingerprint density at radius 2 is 1.09 bits per heavy atom. The van der Waals surface area contributed by atoms with E-state index in [-0.39, 0.29) is 26.1 Å². The van der Waals surface area contributed by atoms with Gasteiger partial charge in [-0.1, -0.05) is 145 Å². The van der Waals surface area contributed by atoms with Crippen molar-refractivity contribution in [1.29, 1.82) is 0 Å². The van der Waals surface area contributed by atoms with Crippen LogP contribution in [0.1, 0.15) is 136 Å². The molecule has 4 N–H and O–H groups in total. The quantitative estimate of drug-likeness (QED) is 0.0301. The fourth-order valence-electron chi connectivity index (χ4n) is 5.62. The van der Waals surface area contributed by atoms with Crippen LogP contribution in [0.5, 0.6) is 0 Å². The van der Waals surface area contributed by atoms with Crippen molar-refractivity contribution in [2.75, 3.05) is 19.8 Å². The average Bonchev–Trinajstić information content (AvgIpc) is 3.17. The zero-order valence-corrected chi connectivity index (χ0v) is 33.2. The normalized spacial score (nSPS) is 21.5. The van der Waals surface area contributed by atoms with Crippen LogP contribution in [0.4, 0.5) is 0 Å². The van der Waals surface area contributed by atoms with Crippen molar-refractivity contribution >= 4 is 11.9 Å². The largest absolute Gasteiger partial charge is 0.462 e. The fraction of sp³-hybridized carbons (Fsp3) is 0.682. The van der Waals surface area contributed by atoms with Crippen LogP contribution in [0.3, 0.4) is 0 Å². The van der Waals surface area contributed by atoms with Crippen molar-refractivity contribution in [3.63, 3.8) is 0 Å². The molecule has 1 saturated heterocycles. The Hall–Kier alpha value is -2.86. The number of esters is 2. The molecule has 0 aromatic heterocycles. The molecule has 0 spiro atoms. The number of unbranched alkanes of at least 4 members (excludes halogenated alkanes) is 9. The van der Waals surface area contributed by atoms with Gasteiger partial charge in [-0.3, -0.25) is 9.59 Å². The molecule has 0 aromatic carbocycles. The molecular formula is C44H72O10. The number of rotatable bonds is 32. The zero-order valence-electron chi connectivity index (χ0n) is 33.2. The van der Waals surface area contributed by atoms with Crippen molar-refractivity contribution in [3.05, 3.63) is 72.9 Å². The van der Waals surface area contributed by atoms with Crippen LogP contribution < -0.4 is 0 Å². The number of hydrogen-bond acceptors (Lipinski definition) is 10. The van der Waals surface area contributed by atoms with Crippen molar-refractivity contribution in [1.82, 2.24) is 0 Å². The van der Waals surface area contributed by atoms with Crippen molar-refractivity contribution in [2.24, 2.45) is 0 Å². The van der Waals surface area contributed by atoms with Crippen LogP contribution in [-0.4, -0.2) is 89.0 Å². The first-order valence-corrected chi connectivity index (χ1v) is 20.5. The minimum absolute atomic E-state index is 0.148. The number of carbonyl (C=O) groups is 2. The Bertz CT molecular complexity index is 1110. The smallest absolute Gasteiger partial charge is 0.306 e. The predicted octanol–water partition coefficient (Wildman–Crippen LogP) is 8.05. The average molecular weight is 761 g/mol. The Morgan fingerprint density at radius 1 is 0.593 bits per heavy atom. The third kappa shape index (κ3) is 26.0. The summed E-state index contributed by atoms with van der Waals surface area (Å²) >= 11 is 0. The lowest BCUT2D eigenvalue weighted by Crippen LogP contribution is -2.59. The van der Waals surface area contributed by atoms with E-state index in [0.717, 1.165) is 57.8 Å². The molecule has 1 aliphatic rings. The van der Waals surface area contributed by atoms with Gasteiger partial charge in [-0.05, 0) is 51.4 Å². The summed E-state index contributed by atoms with van der Waals surface area (Å²) in [4.78, 5) is 25.2. The predicted molar refractivity (Wildman–Crippen MR) is 214 cm³/mol. The molecule has 0 saturated carbocycles. The molecule has 0 radical (unpaired) electrons. The fourth-order valence-corrected chi connectivity index (χ4v) is 5.62. The van der Waals surface area contributed by atoms with E-state index in [2.05, 4.69) is 74.6 Å².